The number of nitrogens with one attached hydrogen (secondary N) is 1. The van der Waals surface area contributed by atoms with Crippen LogP contribution in [-0.4, -0.2) is 26.0 Å². The lowest BCUT2D eigenvalue weighted by atomic mass is 10.1. The number of Topliss-reactive ketones (excluding diaryl/α,β-unsaturated/α-hetero) is 1. The molecule has 0 aliphatic heterocycles. The van der Waals surface area contributed by atoms with Gasteiger partial charge in [0.25, 0.3) is 0 Å². The number of hydrogen-bond donors (Lipinski definition) is 1. The number of ketones is 1. The zero-order valence-corrected chi connectivity index (χ0v) is 9.83. The van der Waals surface area contributed by atoms with Crippen LogP contribution in [0.15, 0.2) is 30.9 Å². The average molecular weight is 237 g/mol. The number of halogens is 1. The predicted octanol–water partition coefficient (Wildman–Crippen LogP) is 1.72. The molecule has 1 aromatic carbocycles. The number of carbonyl (C=O) groups is 1. The van der Waals surface area contributed by atoms with Gasteiger partial charge in [0.15, 0.2) is 17.3 Å². The monoisotopic (exact) mass is 237 g/mol. The molecule has 0 aliphatic rings. The molecule has 1 N–H and O–H groups in total. The fourth-order valence-corrected chi connectivity index (χ4v) is 1.44. The van der Waals surface area contributed by atoms with Gasteiger partial charge in [-0.05, 0) is 11.6 Å². The summed E-state index contributed by atoms with van der Waals surface area (Å²) in [5, 5.41) is 2.88. The van der Waals surface area contributed by atoms with E-state index in [-0.39, 0.29) is 24.5 Å². The topological polar surface area (TPSA) is 38.3 Å². The van der Waals surface area contributed by atoms with Crippen molar-refractivity contribution in [2.45, 2.75) is 6.42 Å². The number of hydrogen-bond acceptors (Lipinski definition) is 3. The maximum Gasteiger partial charge on any atom is 0.168 e. The van der Waals surface area contributed by atoms with Crippen LogP contribution in [-0.2, 0) is 11.2 Å². The van der Waals surface area contributed by atoms with Crippen LogP contribution in [0.3, 0.4) is 0 Å². The highest BCUT2D eigenvalue weighted by atomic mass is 19.1. The first-order valence-corrected chi connectivity index (χ1v) is 5.33. The zero-order chi connectivity index (χ0) is 12.7. The molecular weight excluding hydrogens is 221 g/mol. The van der Waals surface area contributed by atoms with E-state index in [1.54, 1.807) is 18.2 Å². The van der Waals surface area contributed by atoms with Crippen LogP contribution in [0.1, 0.15) is 5.56 Å². The van der Waals surface area contributed by atoms with Crippen molar-refractivity contribution in [1.82, 2.24) is 5.32 Å². The summed E-state index contributed by atoms with van der Waals surface area (Å²) >= 11 is 0. The second-order valence-corrected chi connectivity index (χ2v) is 3.57. The van der Waals surface area contributed by atoms with E-state index in [0.29, 0.717) is 12.1 Å². The number of rotatable bonds is 7. The lowest BCUT2D eigenvalue weighted by molar-refractivity contribution is -0.117. The highest BCUT2D eigenvalue weighted by molar-refractivity contribution is 5.82. The van der Waals surface area contributed by atoms with Gasteiger partial charge in [-0.25, -0.2) is 4.39 Å². The van der Waals surface area contributed by atoms with E-state index in [9.17, 15) is 9.18 Å². The largest absolute Gasteiger partial charge is 0.494 e. The van der Waals surface area contributed by atoms with Crippen molar-refractivity contribution in [2.24, 2.45) is 0 Å². The average Bonchev–Trinajstić information content (AvgIpc) is 2.32. The highest BCUT2D eigenvalue weighted by Crippen LogP contribution is 2.20. The standard InChI is InChI=1S/C13H16FNO2/c1-3-7-15-9-11(16)8-10-5-4-6-12(17-2)13(10)14/h3-6,15H,1,7-9H2,2H3. The summed E-state index contributed by atoms with van der Waals surface area (Å²) in [6, 6.07) is 4.78. The Bertz CT molecular complexity index is 404. The second-order valence-electron chi connectivity index (χ2n) is 3.57. The Hall–Kier alpha value is -1.68. The highest BCUT2D eigenvalue weighted by Gasteiger charge is 2.11. The molecule has 92 valence electrons. The third-order valence-corrected chi connectivity index (χ3v) is 2.26. The molecule has 3 nitrogen and oxygen atoms in total. The normalized spacial score (nSPS) is 10.0. The molecule has 0 aromatic heterocycles. The minimum Gasteiger partial charge on any atom is -0.494 e. The minimum atomic E-state index is -0.466. The first-order chi connectivity index (χ1) is 8.19. The van der Waals surface area contributed by atoms with Crippen molar-refractivity contribution in [3.8, 4) is 5.75 Å². The van der Waals surface area contributed by atoms with Gasteiger partial charge in [0, 0.05) is 13.0 Å². The molecule has 0 fully saturated rings. The molecule has 0 aliphatic carbocycles. The van der Waals surface area contributed by atoms with Crippen molar-refractivity contribution < 1.29 is 13.9 Å². The number of methoxy groups -OCH3 is 1. The first-order valence-electron chi connectivity index (χ1n) is 5.33. The minimum absolute atomic E-state index is 0.0627. The summed E-state index contributed by atoms with van der Waals surface area (Å²) in [4.78, 5) is 11.5. The van der Waals surface area contributed by atoms with Gasteiger partial charge in [-0.3, -0.25) is 4.79 Å². The van der Waals surface area contributed by atoms with Crippen molar-refractivity contribution in [3.63, 3.8) is 0 Å². The molecule has 0 heterocycles. The van der Waals surface area contributed by atoms with E-state index in [1.165, 1.54) is 13.2 Å². The number of ether oxygens (including phenoxy) is 1. The molecular formula is C13H16FNO2. The van der Waals surface area contributed by atoms with Crippen LogP contribution < -0.4 is 10.1 Å². The SMILES string of the molecule is C=CCNCC(=O)Cc1cccc(OC)c1F. The smallest absolute Gasteiger partial charge is 0.168 e. The Labute approximate surface area is 100 Å². The van der Waals surface area contributed by atoms with Crippen molar-refractivity contribution in [1.29, 1.82) is 0 Å². The van der Waals surface area contributed by atoms with Crippen LogP contribution in [0.5, 0.6) is 5.75 Å². The van der Waals surface area contributed by atoms with Crippen LogP contribution in [0.2, 0.25) is 0 Å². The Kier molecular flexibility index (Phi) is 5.36. The van der Waals surface area contributed by atoms with Gasteiger partial charge < -0.3 is 10.1 Å². The molecule has 4 heteroatoms. The van der Waals surface area contributed by atoms with Crippen molar-refractivity contribution in [2.75, 3.05) is 20.2 Å². The Morgan fingerprint density at radius 2 is 2.35 bits per heavy atom. The van der Waals surface area contributed by atoms with Gasteiger partial charge in [0.1, 0.15) is 0 Å². The molecule has 0 amide bonds. The molecule has 1 rings (SSSR count). The maximum absolute atomic E-state index is 13.7. The Morgan fingerprint density at radius 3 is 3.00 bits per heavy atom. The van der Waals surface area contributed by atoms with E-state index in [0.717, 1.165) is 0 Å². The Balaban J connectivity index is 2.62. The van der Waals surface area contributed by atoms with Gasteiger partial charge in [0.2, 0.25) is 0 Å². The van der Waals surface area contributed by atoms with Crippen LogP contribution in [0.25, 0.3) is 0 Å². The Morgan fingerprint density at radius 1 is 1.59 bits per heavy atom. The molecule has 0 unspecified atom stereocenters. The lowest BCUT2D eigenvalue weighted by Crippen LogP contribution is -2.24. The predicted molar refractivity (Wildman–Crippen MR) is 64.7 cm³/mol. The van der Waals surface area contributed by atoms with E-state index in [4.69, 9.17) is 4.74 Å². The summed E-state index contributed by atoms with van der Waals surface area (Å²) in [5.74, 6) is -0.375. The summed E-state index contributed by atoms with van der Waals surface area (Å²) in [6.07, 6.45) is 1.73. The molecule has 1 aromatic rings. The number of carbonyl (C=O) groups excluding carboxylic acids is 1. The summed E-state index contributed by atoms with van der Waals surface area (Å²) in [6.45, 7) is 4.30. The molecule has 0 bridgehead atoms. The molecule has 0 atom stereocenters. The van der Waals surface area contributed by atoms with Crippen molar-refractivity contribution >= 4 is 5.78 Å². The van der Waals surface area contributed by atoms with E-state index >= 15 is 0 Å². The molecule has 0 saturated carbocycles. The van der Waals surface area contributed by atoms with Gasteiger partial charge in [0.05, 0.1) is 13.7 Å². The van der Waals surface area contributed by atoms with Crippen molar-refractivity contribution in [3.05, 3.63) is 42.2 Å². The van der Waals surface area contributed by atoms with Crippen LogP contribution in [0.4, 0.5) is 4.39 Å². The van der Waals surface area contributed by atoms with E-state index in [2.05, 4.69) is 11.9 Å². The van der Waals surface area contributed by atoms with Crippen LogP contribution in [0, 0.1) is 5.82 Å². The third-order valence-electron chi connectivity index (χ3n) is 2.26. The van der Waals surface area contributed by atoms with E-state index in [1.807, 2.05) is 0 Å². The number of benzene rings is 1. The van der Waals surface area contributed by atoms with E-state index < -0.39 is 5.82 Å². The van der Waals surface area contributed by atoms with Gasteiger partial charge >= 0.3 is 0 Å². The second kappa shape index (κ2) is 6.81. The fraction of sp³-hybridized carbons (Fsp3) is 0.308. The molecule has 0 saturated heterocycles. The summed E-state index contributed by atoms with van der Waals surface area (Å²) in [5.41, 5.74) is 0.356. The maximum atomic E-state index is 13.7. The molecule has 17 heavy (non-hydrogen) atoms. The third kappa shape index (κ3) is 4.00. The molecule has 0 radical (unpaired) electrons. The first kappa shape index (κ1) is 13.4. The van der Waals surface area contributed by atoms with Gasteiger partial charge in [-0.2, -0.15) is 0 Å². The zero-order valence-electron chi connectivity index (χ0n) is 9.83. The molecule has 0 spiro atoms. The fourth-order valence-electron chi connectivity index (χ4n) is 1.44. The van der Waals surface area contributed by atoms with Crippen LogP contribution >= 0.6 is 0 Å². The summed E-state index contributed by atoms with van der Waals surface area (Å²) in [7, 11) is 1.40. The van der Waals surface area contributed by atoms with Gasteiger partial charge in [-0.15, -0.1) is 6.58 Å². The quantitative estimate of drug-likeness (QED) is 0.579. The summed E-state index contributed by atoms with van der Waals surface area (Å²) < 4.78 is 18.6. The lowest BCUT2D eigenvalue weighted by Gasteiger charge is -2.07. The van der Waals surface area contributed by atoms with Gasteiger partial charge in [-0.1, -0.05) is 18.2 Å².